The van der Waals surface area contributed by atoms with E-state index in [4.69, 9.17) is 9.16 Å². The third-order valence-electron chi connectivity index (χ3n) is 5.37. The first kappa shape index (κ1) is 20.9. The molecular weight excluding hydrogens is 322 g/mol. The smallest absolute Gasteiger partial charge is 0.417 e. The SMILES string of the molecule is C=CC(C)(CO[Si](C)(C)C(C)(C)C)C(=O)N1C(=O)OC[C@H]1C(C)C. The van der Waals surface area contributed by atoms with Gasteiger partial charge >= 0.3 is 6.09 Å². The summed E-state index contributed by atoms with van der Waals surface area (Å²) >= 11 is 0. The van der Waals surface area contributed by atoms with E-state index in [-0.39, 0.29) is 36.1 Å². The van der Waals surface area contributed by atoms with Gasteiger partial charge < -0.3 is 9.16 Å². The van der Waals surface area contributed by atoms with Gasteiger partial charge in [-0.15, -0.1) is 6.58 Å². The van der Waals surface area contributed by atoms with Gasteiger partial charge in [-0.05, 0) is 31.0 Å². The second kappa shape index (κ2) is 7.00. The van der Waals surface area contributed by atoms with Gasteiger partial charge in [-0.1, -0.05) is 40.7 Å². The van der Waals surface area contributed by atoms with Crippen LogP contribution in [0, 0.1) is 11.3 Å². The van der Waals surface area contributed by atoms with Crippen LogP contribution in [0.4, 0.5) is 4.79 Å². The van der Waals surface area contributed by atoms with Gasteiger partial charge in [0.25, 0.3) is 0 Å². The number of carbonyl (C=O) groups is 2. The number of ether oxygens (including phenoxy) is 1. The molecule has 1 rings (SSSR count). The summed E-state index contributed by atoms with van der Waals surface area (Å²) in [5.74, 6) is -0.159. The van der Waals surface area contributed by atoms with E-state index >= 15 is 0 Å². The third kappa shape index (κ3) is 4.09. The zero-order valence-corrected chi connectivity index (χ0v) is 17.4. The van der Waals surface area contributed by atoms with Gasteiger partial charge in [0.05, 0.1) is 18.1 Å². The molecule has 24 heavy (non-hydrogen) atoms. The lowest BCUT2D eigenvalue weighted by molar-refractivity contribution is -0.138. The molecule has 0 aromatic rings. The van der Waals surface area contributed by atoms with Gasteiger partial charge in [-0.2, -0.15) is 0 Å². The summed E-state index contributed by atoms with van der Waals surface area (Å²) in [6.45, 7) is 20.8. The average molecular weight is 356 g/mol. The largest absolute Gasteiger partial charge is 0.447 e. The van der Waals surface area contributed by atoms with Crippen LogP contribution >= 0.6 is 0 Å². The van der Waals surface area contributed by atoms with Crippen LogP contribution in [0.15, 0.2) is 12.7 Å². The molecule has 0 N–H and O–H groups in total. The number of hydrogen-bond donors (Lipinski definition) is 0. The molecule has 0 aliphatic carbocycles. The van der Waals surface area contributed by atoms with Crippen LogP contribution in [-0.2, 0) is 14.0 Å². The zero-order chi connectivity index (χ0) is 18.9. The van der Waals surface area contributed by atoms with Crippen molar-refractivity contribution in [2.45, 2.75) is 65.7 Å². The minimum absolute atomic E-state index is 0.0468. The molecule has 1 heterocycles. The molecule has 2 atom stereocenters. The van der Waals surface area contributed by atoms with E-state index in [9.17, 15) is 9.59 Å². The molecule has 1 aliphatic rings. The minimum Gasteiger partial charge on any atom is -0.447 e. The van der Waals surface area contributed by atoms with Crippen LogP contribution in [-0.4, -0.2) is 44.5 Å². The molecule has 5 nitrogen and oxygen atoms in total. The highest BCUT2D eigenvalue weighted by Gasteiger charge is 2.47. The van der Waals surface area contributed by atoms with Crippen molar-refractivity contribution in [2.24, 2.45) is 11.3 Å². The average Bonchev–Trinajstić information content (AvgIpc) is 2.84. The number of nitrogens with zero attached hydrogens (tertiary/aromatic N) is 1. The fourth-order valence-corrected chi connectivity index (χ4v) is 3.28. The normalized spacial score (nSPS) is 21.6. The highest BCUT2D eigenvalue weighted by molar-refractivity contribution is 6.74. The van der Waals surface area contributed by atoms with Gasteiger partial charge in [-0.25, -0.2) is 9.69 Å². The van der Waals surface area contributed by atoms with Gasteiger partial charge in [0.2, 0.25) is 5.91 Å². The number of rotatable bonds is 6. The molecule has 138 valence electrons. The first-order valence-electron chi connectivity index (χ1n) is 8.55. The van der Waals surface area contributed by atoms with E-state index in [1.807, 2.05) is 13.8 Å². The quantitative estimate of drug-likeness (QED) is 0.529. The molecule has 1 fully saturated rings. The summed E-state index contributed by atoms with van der Waals surface area (Å²) in [6, 6.07) is -0.239. The topological polar surface area (TPSA) is 55.8 Å². The lowest BCUT2D eigenvalue weighted by Crippen LogP contribution is -2.51. The molecule has 2 amide bonds. The molecule has 0 bridgehead atoms. The molecule has 6 heteroatoms. The van der Waals surface area contributed by atoms with E-state index in [0.29, 0.717) is 0 Å². The summed E-state index contributed by atoms with van der Waals surface area (Å²) in [7, 11) is -2.01. The Morgan fingerprint density at radius 1 is 1.42 bits per heavy atom. The van der Waals surface area contributed by atoms with Crippen LogP contribution in [0.25, 0.3) is 0 Å². The van der Waals surface area contributed by atoms with Crippen molar-refractivity contribution < 1.29 is 18.8 Å². The summed E-state index contributed by atoms with van der Waals surface area (Å²) in [4.78, 5) is 26.4. The van der Waals surface area contributed by atoms with E-state index in [1.165, 1.54) is 4.90 Å². The molecule has 0 radical (unpaired) electrons. The number of hydrogen-bond acceptors (Lipinski definition) is 4. The van der Waals surface area contributed by atoms with E-state index in [1.54, 1.807) is 13.0 Å². The van der Waals surface area contributed by atoms with Gasteiger partial charge in [0.1, 0.15) is 6.61 Å². The molecule has 0 aromatic carbocycles. The summed E-state index contributed by atoms with van der Waals surface area (Å²) in [5.41, 5.74) is -0.952. The fraction of sp³-hybridized carbons (Fsp3) is 0.778. The monoisotopic (exact) mass is 355 g/mol. The van der Waals surface area contributed by atoms with Crippen LogP contribution in [0.5, 0.6) is 0 Å². The van der Waals surface area contributed by atoms with Crippen molar-refractivity contribution in [2.75, 3.05) is 13.2 Å². The van der Waals surface area contributed by atoms with E-state index < -0.39 is 19.8 Å². The molecule has 1 saturated heterocycles. The van der Waals surface area contributed by atoms with Crippen molar-refractivity contribution in [3.05, 3.63) is 12.7 Å². The predicted molar refractivity (Wildman–Crippen MR) is 98.3 cm³/mol. The van der Waals surface area contributed by atoms with Crippen molar-refractivity contribution in [3.8, 4) is 0 Å². The Kier molecular flexibility index (Phi) is 6.10. The van der Waals surface area contributed by atoms with Gasteiger partial charge in [-0.3, -0.25) is 4.79 Å². The Morgan fingerprint density at radius 3 is 2.38 bits per heavy atom. The highest BCUT2D eigenvalue weighted by atomic mass is 28.4. The fourth-order valence-electron chi connectivity index (χ4n) is 2.19. The molecule has 1 aliphatic heterocycles. The number of imide groups is 1. The first-order chi connectivity index (χ1) is 10.8. The Hall–Kier alpha value is -1.14. The number of cyclic esters (lactones) is 1. The minimum atomic E-state index is -2.01. The second-order valence-corrected chi connectivity index (χ2v) is 13.5. The molecule has 0 saturated carbocycles. The lowest BCUT2D eigenvalue weighted by atomic mass is 9.89. The molecule has 1 unspecified atom stereocenters. The number of amides is 2. The molecule has 0 aromatic heterocycles. The Bertz CT molecular complexity index is 510. The zero-order valence-electron chi connectivity index (χ0n) is 16.4. The Balaban J connectivity index is 2.99. The molecule has 0 spiro atoms. The van der Waals surface area contributed by atoms with Crippen LogP contribution < -0.4 is 0 Å². The first-order valence-corrected chi connectivity index (χ1v) is 11.5. The lowest BCUT2D eigenvalue weighted by Gasteiger charge is -2.39. The van der Waals surface area contributed by atoms with E-state index in [0.717, 1.165) is 0 Å². The van der Waals surface area contributed by atoms with Crippen molar-refractivity contribution >= 4 is 20.3 Å². The van der Waals surface area contributed by atoms with Crippen molar-refractivity contribution in [3.63, 3.8) is 0 Å². The number of carbonyl (C=O) groups excluding carboxylic acids is 2. The molecular formula is C18H33NO4Si. The van der Waals surface area contributed by atoms with Crippen molar-refractivity contribution in [1.29, 1.82) is 0 Å². The van der Waals surface area contributed by atoms with Crippen LogP contribution in [0.1, 0.15) is 41.5 Å². The summed E-state index contributed by atoms with van der Waals surface area (Å²) < 4.78 is 11.3. The Morgan fingerprint density at radius 2 is 1.96 bits per heavy atom. The Labute approximate surface area is 147 Å². The standard InChI is InChI=1S/C18H33NO4Si/c1-10-18(7,12-23-24(8,9)17(4,5)6)15(20)19-14(13(2)3)11-22-16(19)21/h10,13-14H,1,11-12H2,2-9H3/t14-,18?/m0/s1. The van der Waals surface area contributed by atoms with Gasteiger partial charge in [0, 0.05) is 0 Å². The maximum Gasteiger partial charge on any atom is 0.417 e. The summed E-state index contributed by atoms with van der Waals surface area (Å²) in [5, 5.41) is 0.0468. The second-order valence-electron chi connectivity index (χ2n) is 8.73. The van der Waals surface area contributed by atoms with Crippen molar-refractivity contribution in [1.82, 2.24) is 4.90 Å². The van der Waals surface area contributed by atoms with Crippen LogP contribution in [0.3, 0.4) is 0 Å². The highest BCUT2D eigenvalue weighted by Crippen LogP contribution is 2.38. The third-order valence-corrected chi connectivity index (χ3v) is 9.85. The summed E-state index contributed by atoms with van der Waals surface area (Å²) in [6.07, 6.45) is 1.02. The maximum atomic E-state index is 13.1. The van der Waals surface area contributed by atoms with Gasteiger partial charge in [0.15, 0.2) is 8.32 Å². The predicted octanol–water partition coefficient (Wildman–Crippen LogP) is 4.20. The van der Waals surface area contributed by atoms with Crippen LogP contribution in [0.2, 0.25) is 18.1 Å². The maximum absolute atomic E-state index is 13.1. The van der Waals surface area contributed by atoms with E-state index in [2.05, 4.69) is 40.4 Å².